The lowest BCUT2D eigenvalue weighted by Crippen LogP contribution is -2.38. The summed E-state index contributed by atoms with van der Waals surface area (Å²) in [6.07, 6.45) is 3.05. The van der Waals surface area contributed by atoms with Gasteiger partial charge in [0, 0.05) is 12.0 Å². The summed E-state index contributed by atoms with van der Waals surface area (Å²) in [6, 6.07) is 9.37. The second kappa shape index (κ2) is 10.2. The number of benzene rings is 2. The second-order valence-electron chi connectivity index (χ2n) is 8.94. The van der Waals surface area contributed by atoms with E-state index in [1.165, 1.54) is 7.11 Å². The lowest BCUT2D eigenvalue weighted by molar-refractivity contribution is -0.142. The van der Waals surface area contributed by atoms with E-state index in [2.05, 4.69) is 5.16 Å². The van der Waals surface area contributed by atoms with E-state index < -0.39 is 17.4 Å². The highest BCUT2D eigenvalue weighted by atomic mass is 16.6. The molecule has 2 N–H and O–H groups in total. The molecule has 0 amide bonds. The minimum absolute atomic E-state index is 0.0960. The van der Waals surface area contributed by atoms with Crippen molar-refractivity contribution < 1.29 is 29.4 Å². The standard InChI is InChI=1S/C28H31NO6/c1-16-8-7-9-24(28(27(32)33)11-10-17(2)22(14-28)26(30)31)23(16)15-35-25-18(3)12-21(13-19(25)4)20(5)29-34-6/h7-13H,14-15H2,1-6H3,(H,30,31)(H,32,33). The summed E-state index contributed by atoms with van der Waals surface area (Å²) in [4.78, 5) is 29.3. The third-order valence-electron chi connectivity index (χ3n) is 6.55. The summed E-state index contributed by atoms with van der Waals surface area (Å²) in [6.45, 7) is 9.47. The van der Waals surface area contributed by atoms with E-state index in [-0.39, 0.29) is 18.6 Å². The summed E-state index contributed by atoms with van der Waals surface area (Å²) < 4.78 is 6.26. The van der Waals surface area contributed by atoms with Crippen LogP contribution in [0, 0.1) is 20.8 Å². The number of aryl methyl sites for hydroxylation is 3. The first kappa shape index (κ1) is 25.7. The van der Waals surface area contributed by atoms with Crippen molar-refractivity contribution in [3.8, 4) is 5.75 Å². The zero-order valence-electron chi connectivity index (χ0n) is 20.9. The molecule has 7 heteroatoms. The smallest absolute Gasteiger partial charge is 0.331 e. The van der Waals surface area contributed by atoms with Crippen LogP contribution >= 0.6 is 0 Å². The Morgan fingerprint density at radius 3 is 2.29 bits per heavy atom. The quantitative estimate of drug-likeness (QED) is 0.398. The molecule has 1 aliphatic carbocycles. The number of carboxylic acid groups (broad SMARTS) is 2. The summed E-state index contributed by atoms with van der Waals surface area (Å²) >= 11 is 0. The molecule has 0 bridgehead atoms. The molecule has 0 aromatic heterocycles. The van der Waals surface area contributed by atoms with Gasteiger partial charge in [0.15, 0.2) is 0 Å². The molecule has 1 atom stereocenters. The first-order valence-corrected chi connectivity index (χ1v) is 11.3. The number of ether oxygens (including phenoxy) is 1. The zero-order valence-corrected chi connectivity index (χ0v) is 20.9. The highest BCUT2D eigenvalue weighted by Crippen LogP contribution is 2.41. The minimum atomic E-state index is -1.50. The largest absolute Gasteiger partial charge is 0.488 e. The fourth-order valence-electron chi connectivity index (χ4n) is 4.57. The third kappa shape index (κ3) is 4.99. The molecule has 0 saturated carbocycles. The van der Waals surface area contributed by atoms with E-state index in [4.69, 9.17) is 9.57 Å². The number of carbonyl (C=O) groups is 2. The van der Waals surface area contributed by atoms with E-state index in [9.17, 15) is 19.8 Å². The maximum absolute atomic E-state index is 12.6. The molecule has 1 aliphatic rings. The van der Waals surface area contributed by atoms with Crippen molar-refractivity contribution >= 4 is 17.7 Å². The van der Waals surface area contributed by atoms with Crippen molar-refractivity contribution in [3.63, 3.8) is 0 Å². The zero-order chi connectivity index (χ0) is 25.9. The maximum atomic E-state index is 12.6. The molecule has 0 spiro atoms. The van der Waals surface area contributed by atoms with Crippen LogP contribution in [0.2, 0.25) is 0 Å². The van der Waals surface area contributed by atoms with Crippen molar-refractivity contribution in [2.45, 2.75) is 53.1 Å². The van der Waals surface area contributed by atoms with Gasteiger partial charge in [-0.2, -0.15) is 0 Å². The number of hydrogen-bond donors (Lipinski definition) is 2. The number of nitrogens with zero attached hydrogens (tertiary/aromatic N) is 1. The van der Waals surface area contributed by atoms with Crippen molar-refractivity contribution in [2.24, 2.45) is 5.16 Å². The SMILES string of the molecule is CON=C(C)c1cc(C)c(OCc2c(C)cccc2C2(C(=O)O)C=CC(C)=C(C(=O)O)C2)c(C)c1. The Balaban J connectivity index is 2.03. The predicted molar refractivity (Wildman–Crippen MR) is 134 cm³/mol. The molecule has 3 rings (SSSR count). The predicted octanol–water partition coefficient (Wildman–Crippen LogP) is 5.24. The summed E-state index contributed by atoms with van der Waals surface area (Å²) in [7, 11) is 1.50. The van der Waals surface area contributed by atoms with Crippen LogP contribution in [0.25, 0.3) is 0 Å². The summed E-state index contributed by atoms with van der Waals surface area (Å²) in [5.74, 6) is -1.50. The third-order valence-corrected chi connectivity index (χ3v) is 6.55. The molecule has 0 aliphatic heterocycles. The molecule has 0 heterocycles. The van der Waals surface area contributed by atoms with Crippen molar-refractivity contribution in [2.75, 3.05) is 7.11 Å². The Kier molecular flexibility index (Phi) is 7.48. The first-order valence-electron chi connectivity index (χ1n) is 11.3. The van der Waals surface area contributed by atoms with Gasteiger partial charge < -0.3 is 19.8 Å². The Labute approximate surface area is 205 Å². The van der Waals surface area contributed by atoms with E-state index in [0.717, 1.165) is 33.5 Å². The van der Waals surface area contributed by atoms with Gasteiger partial charge in [0.1, 0.15) is 24.9 Å². The number of aliphatic carboxylic acids is 2. The molecule has 0 fully saturated rings. The molecule has 0 saturated heterocycles. The molecule has 184 valence electrons. The van der Waals surface area contributed by atoms with Crippen LogP contribution in [-0.4, -0.2) is 35.0 Å². The fraction of sp³-hybridized carbons (Fsp3) is 0.321. The van der Waals surface area contributed by atoms with Gasteiger partial charge in [-0.05, 0) is 85.7 Å². The first-order chi connectivity index (χ1) is 16.5. The fourth-order valence-corrected chi connectivity index (χ4v) is 4.57. The number of rotatable bonds is 8. The van der Waals surface area contributed by atoms with E-state index >= 15 is 0 Å². The van der Waals surface area contributed by atoms with Gasteiger partial charge in [-0.15, -0.1) is 0 Å². The number of allylic oxidation sites excluding steroid dienone is 2. The molecule has 2 aromatic carbocycles. The summed E-state index contributed by atoms with van der Waals surface area (Å²) in [5.41, 5.74) is 4.77. The minimum Gasteiger partial charge on any atom is -0.488 e. The van der Waals surface area contributed by atoms with Crippen LogP contribution in [0.4, 0.5) is 0 Å². The number of carboxylic acids is 2. The summed E-state index contributed by atoms with van der Waals surface area (Å²) in [5, 5.41) is 24.0. The van der Waals surface area contributed by atoms with E-state index in [1.54, 1.807) is 31.2 Å². The molecule has 0 radical (unpaired) electrons. The van der Waals surface area contributed by atoms with E-state index in [0.29, 0.717) is 16.9 Å². The van der Waals surface area contributed by atoms with Crippen molar-refractivity contribution in [1.29, 1.82) is 0 Å². The average molecular weight is 478 g/mol. The Morgan fingerprint density at radius 2 is 1.71 bits per heavy atom. The van der Waals surface area contributed by atoms with Crippen molar-refractivity contribution in [3.05, 3.63) is 87.0 Å². The molecule has 1 unspecified atom stereocenters. The topological polar surface area (TPSA) is 105 Å². The van der Waals surface area contributed by atoms with Crippen LogP contribution in [0.3, 0.4) is 0 Å². The highest BCUT2D eigenvalue weighted by molar-refractivity contribution is 5.99. The molecular weight excluding hydrogens is 446 g/mol. The Hall–Kier alpha value is -3.87. The van der Waals surface area contributed by atoms with Gasteiger partial charge in [-0.1, -0.05) is 35.5 Å². The second-order valence-corrected chi connectivity index (χ2v) is 8.94. The van der Waals surface area contributed by atoms with Gasteiger partial charge in [0.2, 0.25) is 0 Å². The molecule has 2 aromatic rings. The lowest BCUT2D eigenvalue weighted by atomic mass is 9.69. The van der Waals surface area contributed by atoms with Crippen LogP contribution < -0.4 is 4.74 Å². The van der Waals surface area contributed by atoms with Gasteiger partial charge in [0.05, 0.1) is 5.71 Å². The van der Waals surface area contributed by atoms with Gasteiger partial charge in [-0.3, -0.25) is 4.79 Å². The van der Waals surface area contributed by atoms with Crippen LogP contribution in [0.15, 0.2) is 58.8 Å². The van der Waals surface area contributed by atoms with Crippen LogP contribution in [-0.2, 0) is 26.4 Å². The van der Waals surface area contributed by atoms with E-state index in [1.807, 2.05) is 45.9 Å². The van der Waals surface area contributed by atoms with Crippen LogP contribution in [0.1, 0.15) is 53.6 Å². The average Bonchev–Trinajstić information content (AvgIpc) is 2.79. The van der Waals surface area contributed by atoms with Gasteiger partial charge >= 0.3 is 11.9 Å². The van der Waals surface area contributed by atoms with Crippen LogP contribution in [0.5, 0.6) is 5.75 Å². The van der Waals surface area contributed by atoms with Crippen molar-refractivity contribution in [1.82, 2.24) is 0 Å². The monoisotopic (exact) mass is 477 g/mol. The maximum Gasteiger partial charge on any atom is 0.331 e. The Bertz CT molecular complexity index is 1250. The van der Waals surface area contributed by atoms with Gasteiger partial charge in [0.25, 0.3) is 0 Å². The molecular formula is C28H31NO6. The normalized spacial score (nSPS) is 17.9. The number of oxime groups is 1. The lowest BCUT2D eigenvalue weighted by Gasteiger charge is -2.32. The highest BCUT2D eigenvalue weighted by Gasteiger charge is 2.43. The number of hydrogen-bond acceptors (Lipinski definition) is 5. The molecule has 7 nitrogen and oxygen atoms in total. The Morgan fingerprint density at radius 1 is 1.06 bits per heavy atom. The van der Waals surface area contributed by atoms with Gasteiger partial charge in [-0.25, -0.2) is 4.79 Å². The molecule has 35 heavy (non-hydrogen) atoms.